The highest BCUT2D eigenvalue weighted by atomic mass is 35.5. The van der Waals surface area contributed by atoms with E-state index >= 15 is 0 Å². The van der Waals surface area contributed by atoms with Gasteiger partial charge in [-0.1, -0.05) is 78.3 Å². The summed E-state index contributed by atoms with van der Waals surface area (Å²) in [6.07, 6.45) is 3.34. The van der Waals surface area contributed by atoms with Gasteiger partial charge in [0.15, 0.2) is 15.6 Å². The molecule has 4 atom stereocenters. The van der Waals surface area contributed by atoms with Gasteiger partial charge in [0.2, 0.25) is 0 Å². The van der Waals surface area contributed by atoms with Gasteiger partial charge in [-0.15, -0.1) is 0 Å². The first-order valence-electron chi connectivity index (χ1n) is 13.3. The Kier molecular flexibility index (Phi) is 8.15. The van der Waals surface area contributed by atoms with Crippen LogP contribution in [0.25, 0.3) is 0 Å². The van der Waals surface area contributed by atoms with E-state index in [4.69, 9.17) is 25.8 Å². The summed E-state index contributed by atoms with van der Waals surface area (Å²) in [6, 6.07) is 25.0. The van der Waals surface area contributed by atoms with Crippen molar-refractivity contribution < 1.29 is 27.4 Å². The van der Waals surface area contributed by atoms with Crippen molar-refractivity contribution >= 4 is 27.4 Å². The van der Waals surface area contributed by atoms with E-state index in [0.717, 1.165) is 23.8 Å². The number of hydrogen-bond acceptors (Lipinski definition) is 6. The lowest BCUT2D eigenvalue weighted by Crippen LogP contribution is -2.27. The Morgan fingerprint density at radius 3 is 2.10 bits per heavy atom. The lowest BCUT2D eigenvalue weighted by atomic mass is 9.87. The fraction of sp³-hybridized carbons (Fsp3) is 0.387. The minimum absolute atomic E-state index is 0.0435. The second-order valence-electron chi connectivity index (χ2n) is 10.4. The van der Waals surface area contributed by atoms with E-state index in [1.807, 2.05) is 36.4 Å². The quantitative estimate of drug-likeness (QED) is 0.278. The van der Waals surface area contributed by atoms with Gasteiger partial charge in [0.1, 0.15) is 12.2 Å². The molecule has 1 aliphatic heterocycles. The van der Waals surface area contributed by atoms with Crippen molar-refractivity contribution in [3.05, 3.63) is 101 Å². The molecule has 0 bridgehead atoms. The average Bonchev–Trinajstić information content (AvgIpc) is 3.50. The minimum Gasteiger partial charge on any atom is -0.466 e. The second-order valence-corrected chi connectivity index (χ2v) is 12.8. The summed E-state index contributed by atoms with van der Waals surface area (Å²) in [7, 11) is -3.48. The summed E-state index contributed by atoms with van der Waals surface area (Å²) in [6.45, 7) is 2.02. The van der Waals surface area contributed by atoms with Crippen LogP contribution in [0.2, 0.25) is 5.02 Å². The van der Waals surface area contributed by atoms with Gasteiger partial charge < -0.3 is 14.2 Å². The first-order valence-corrected chi connectivity index (χ1v) is 15.6. The predicted octanol–water partition coefficient (Wildman–Crippen LogP) is 6.81. The molecule has 206 valence electrons. The van der Waals surface area contributed by atoms with Gasteiger partial charge in [-0.2, -0.15) is 0 Å². The Hall–Kier alpha value is -2.71. The van der Waals surface area contributed by atoms with Crippen LogP contribution < -0.4 is 0 Å². The number of carbonyl (C=O) groups is 1. The number of halogens is 1. The third-order valence-electron chi connectivity index (χ3n) is 7.65. The van der Waals surface area contributed by atoms with Crippen molar-refractivity contribution in [1.29, 1.82) is 0 Å². The van der Waals surface area contributed by atoms with E-state index in [9.17, 15) is 13.2 Å². The summed E-state index contributed by atoms with van der Waals surface area (Å²) < 4.78 is 43.0. The number of rotatable bonds is 8. The lowest BCUT2D eigenvalue weighted by molar-refractivity contribution is -0.173. The van der Waals surface area contributed by atoms with Crippen LogP contribution in [0.5, 0.6) is 0 Å². The normalized spacial score (nSPS) is 25.6. The first kappa shape index (κ1) is 27.8. The van der Waals surface area contributed by atoms with Gasteiger partial charge >= 0.3 is 5.97 Å². The molecule has 1 spiro atoms. The number of carbonyl (C=O) groups excluding carboxylic acids is 1. The Labute approximate surface area is 235 Å². The molecule has 39 heavy (non-hydrogen) atoms. The fourth-order valence-corrected chi connectivity index (χ4v) is 7.19. The fourth-order valence-electron chi connectivity index (χ4n) is 5.85. The molecule has 0 radical (unpaired) electrons. The van der Waals surface area contributed by atoms with Crippen molar-refractivity contribution in [3.8, 4) is 0 Å². The van der Waals surface area contributed by atoms with E-state index in [1.54, 1.807) is 19.1 Å². The molecule has 1 saturated carbocycles. The zero-order valence-electron chi connectivity index (χ0n) is 22.1. The largest absolute Gasteiger partial charge is 0.466 e. The molecule has 3 aromatic rings. The average molecular weight is 569 g/mol. The summed E-state index contributed by atoms with van der Waals surface area (Å²) in [5, 5.41) is 0.103. The molecule has 0 amide bonds. The van der Waals surface area contributed by atoms with Gasteiger partial charge in [-0.3, -0.25) is 4.79 Å². The topological polar surface area (TPSA) is 78.9 Å². The molecular weight excluding hydrogens is 536 g/mol. The molecule has 1 saturated heterocycles. The Morgan fingerprint density at radius 2 is 1.59 bits per heavy atom. The smallest absolute Gasteiger partial charge is 0.313 e. The molecule has 2 fully saturated rings. The Balaban J connectivity index is 1.38. The number of hydrogen-bond donors (Lipinski definition) is 0. The SMILES string of the molecule is CCOC(=O)C(CC1CCC2(C1)OC(c1ccccc1)C(c1ccccc1)O2)c1ccc(S(C)(=O)=O)c(Cl)c1. The number of ether oxygens (including phenoxy) is 3. The number of sulfone groups is 1. The van der Waals surface area contributed by atoms with E-state index < -0.39 is 21.5 Å². The molecule has 5 rings (SSSR count). The molecule has 3 aromatic carbocycles. The van der Waals surface area contributed by atoms with Gasteiger partial charge in [0.25, 0.3) is 0 Å². The highest BCUT2D eigenvalue weighted by Crippen LogP contribution is 2.55. The second kappa shape index (κ2) is 11.4. The van der Waals surface area contributed by atoms with Crippen molar-refractivity contribution in [2.24, 2.45) is 5.92 Å². The molecular formula is C31H33ClO6S. The van der Waals surface area contributed by atoms with E-state index in [1.165, 1.54) is 6.07 Å². The maximum absolute atomic E-state index is 13.1. The summed E-state index contributed by atoms with van der Waals surface area (Å²) in [4.78, 5) is 13.1. The maximum Gasteiger partial charge on any atom is 0.313 e. The van der Waals surface area contributed by atoms with Gasteiger partial charge in [-0.25, -0.2) is 8.42 Å². The first-order chi connectivity index (χ1) is 18.7. The summed E-state index contributed by atoms with van der Waals surface area (Å²) in [5.41, 5.74) is 2.78. The van der Waals surface area contributed by atoms with Crippen LogP contribution in [0.4, 0.5) is 0 Å². The summed E-state index contributed by atoms with van der Waals surface area (Å²) in [5.74, 6) is -1.53. The molecule has 2 aliphatic rings. The molecule has 0 N–H and O–H groups in total. The number of benzene rings is 3. The standard InChI is InChI=1S/C31H33ClO6S/c1-3-36-30(33)25(24-14-15-27(26(32)19-24)39(2,34)35)18-21-16-17-31(20-21)37-28(22-10-6-4-7-11-22)29(38-31)23-12-8-5-9-13-23/h4-15,19,21,25,28-29H,3,16-18,20H2,1-2H3. The van der Waals surface area contributed by atoms with Crippen LogP contribution in [-0.4, -0.2) is 33.0 Å². The Bertz CT molecular complexity index is 1360. The van der Waals surface area contributed by atoms with Crippen molar-refractivity contribution in [2.75, 3.05) is 12.9 Å². The van der Waals surface area contributed by atoms with Crippen LogP contribution in [0.15, 0.2) is 83.8 Å². The molecule has 8 heteroatoms. The van der Waals surface area contributed by atoms with E-state index in [2.05, 4.69) is 24.3 Å². The monoisotopic (exact) mass is 568 g/mol. The third kappa shape index (κ3) is 6.07. The zero-order valence-corrected chi connectivity index (χ0v) is 23.7. The van der Waals surface area contributed by atoms with Crippen LogP contribution in [0.1, 0.15) is 67.4 Å². The van der Waals surface area contributed by atoms with Crippen molar-refractivity contribution in [2.45, 2.75) is 61.4 Å². The van der Waals surface area contributed by atoms with Crippen LogP contribution in [-0.2, 0) is 28.8 Å². The summed E-state index contributed by atoms with van der Waals surface area (Å²) >= 11 is 6.33. The van der Waals surface area contributed by atoms with Gasteiger partial charge in [-0.05, 0) is 54.5 Å². The zero-order chi connectivity index (χ0) is 27.6. The van der Waals surface area contributed by atoms with Gasteiger partial charge in [0, 0.05) is 19.1 Å². The Morgan fingerprint density at radius 1 is 1.00 bits per heavy atom. The van der Waals surface area contributed by atoms with E-state index in [0.29, 0.717) is 24.8 Å². The molecule has 6 nitrogen and oxygen atoms in total. The molecule has 4 unspecified atom stereocenters. The molecule has 1 heterocycles. The van der Waals surface area contributed by atoms with Crippen LogP contribution in [0.3, 0.4) is 0 Å². The van der Waals surface area contributed by atoms with Crippen molar-refractivity contribution in [1.82, 2.24) is 0 Å². The predicted molar refractivity (Wildman–Crippen MR) is 149 cm³/mol. The minimum atomic E-state index is -3.48. The van der Waals surface area contributed by atoms with Crippen LogP contribution >= 0.6 is 11.6 Å². The molecule has 1 aliphatic carbocycles. The van der Waals surface area contributed by atoms with Crippen molar-refractivity contribution in [3.63, 3.8) is 0 Å². The van der Waals surface area contributed by atoms with Gasteiger partial charge in [0.05, 0.1) is 22.4 Å². The number of esters is 1. The maximum atomic E-state index is 13.1. The van der Waals surface area contributed by atoms with Crippen LogP contribution in [0, 0.1) is 5.92 Å². The lowest BCUT2D eigenvalue weighted by Gasteiger charge is -2.24. The third-order valence-corrected chi connectivity index (χ3v) is 9.23. The molecule has 0 aromatic heterocycles. The van der Waals surface area contributed by atoms with E-state index in [-0.39, 0.29) is 40.6 Å². The highest BCUT2D eigenvalue weighted by Gasteiger charge is 2.53. The highest BCUT2D eigenvalue weighted by molar-refractivity contribution is 7.90.